The Hall–Kier alpha value is -0.820. The Morgan fingerprint density at radius 2 is 1.80 bits per heavy atom. The predicted octanol–water partition coefficient (Wildman–Crippen LogP) is 3.74. The maximum atomic E-state index is 6.19. The highest BCUT2D eigenvalue weighted by Crippen LogP contribution is 2.22. The van der Waals surface area contributed by atoms with Crippen LogP contribution in [0.4, 0.5) is 0 Å². The molecule has 0 saturated heterocycles. The van der Waals surface area contributed by atoms with Crippen LogP contribution in [0, 0.1) is 19.8 Å². The number of aryl methyl sites for hydroxylation is 2. The molecule has 0 spiro atoms. The van der Waals surface area contributed by atoms with E-state index in [1.807, 2.05) is 0 Å². The molecule has 0 bridgehead atoms. The molecule has 1 rings (SSSR count). The summed E-state index contributed by atoms with van der Waals surface area (Å²) in [6.45, 7) is 8.76. The van der Waals surface area contributed by atoms with E-state index in [4.69, 9.17) is 5.73 Å². The van der Waals surface area contributed by atoms with Gasteiger partial charge in [0.15, 0.2) is 0 Å². The maximum Gasteiger partial charge on any atom is 0.0297 e. The second-order valence-corrected chi connectivity index (χ2v) is 4.94. The van der Waals surface area contributed by atoms with Crippen molar-refractivity contribution >= 4 is 0 Å². The van der Waals surface area contributed by atoms with Crippen molar-refractivity contribution in [1.82, 2.24) is 0 Å². The Labute approximate surface area is 93.7 Å². The largest absolute Gasteiger partial charge is 0.324 e. The summed E-state index contributed by atoms with van der Waals surface area (Å²) < 4.78 is 0. The monoisotopic (exact) mass is 205 g/mol. The van der Waals surface area contributed by atoms with Crippen LogP contribution in [0.2, 0.25) is 0 Å². The minimum absolute atomic E-state index is 0.202. The number of benzene rings is 1. The van der Waals surface area contributed by atoms with Gasteiger partial charge < -0.3 is 5.73 Å². The van der Waals surface area contributed by atoms with E-state index < -0.39 is 0 Å². The summed E-state index contributed by atoms with van der Waals surface area (Å²) in [6.07, 6.45) is 2.29. The van der Waals surface area contributed by atoms with Gasteiger partial charge >= 0.3 is 0 Å². The molecular weight excluding hydrogens is 182 g/mol. The zero-order valence-electron chi connectivity index (χ0n) is 10.4. The van der Waals surface area contributed by atoms with Gasteiger partial charge in [-0.3, -0.25) is 0 Å². The molecule has 0 saturated carbocycles. The molecular formula is C14H23N. The van der Waals surface area contributed by atoms with Crippen LogP contribution >= 0.6 is 0 Å². The van der Waals surface area contributed by atoms with E-state index in [9.17, 15) is 0 Å². The third-order valence-corrected chi connectivity index (χ3v) is 2.88. The van der Waals surface area contributed by atoms with Crippen molar-refractivity contribution in [2.24, 2.45) is 11.7 Å². The van der Waals surface area contributed by atoms with Gasteiger partial charge in [0.2, 0.25) is 0 Å². The normalized spacial score (nSPS) is 13.2. The van der Waals surface area contributed by atoms with Gasteiger partial charge in [-0.2, -0.15) is 0 Å². The first kappa shape index (κ1) is 12.3. The van der Waals surface area contributed by atoms with Crippen molar-refractivity contribution in [1.29, 1.82) is 0 Å². The average Bonchev–Trinajstić information content (AvgIpc) is 2.14. The quantitative estimate of drug-likeness (QED) is 0.796. The van der Waals surface area contributed by atoms with Gasteiger partial charge in [-0.05, 0) is 43.7 Å². The number of nitrogens with two attached hydrogens (primary N) is 1. The van der Waals surface area contributed by atoms with Gasteiger partial charge in [-0.15, -0.1) is 0 Å². The van der Waals surface area contributed by atoms with E-state index in [-0.39, 0.29) is 6.04 Å². The molecule has 0 amide bonds. The average molecular weight is 205 g/mol. The predicted molar refractivity (Wildman–Crippen MR) is 66.9 cm³/mol. The zero-order chi connectivity index (χ0) is 11.4. The fraction of sp³-hybridized carbons (Fsp3) is 0.571. The first-order valence-electron chi connectivity index (χ1n) is 5.83. The Bertz CT molecular complexity index is 315. The lowest BCUT2D eigenvalue weighted by Gasteiger charge is -2.16. The van der Waals surface area contributed by atoms with Crippen molar-refractivity contribution in [3.8, 4) is 0 Å². The van der Waals surface area contributed by atoms with E-state index in [0.29, 0.717) is 0 Å². The van der Waals surface area contributed by atoms with E-state index in [1.165, 1.54) is 23.1 Å². The number of rotatable bonds is 4. The molecule has 1 heteroatoms. The molecule has 0 aliphatic rings. The third kappa shape index (κ3) is 3.67. The van der Waals surface area contributed by atoms with Gasteiger partial charge in [-0.25, -0.2) is 0 Å². The van der Waals surface area contributed by atoms with E-state index >= 15 is 0 Å². The summed E-state index contributed by atoms with van der Waals surface area (Å²) in [5.74, 6) is 0.738. The summed E-state index contributed by atoms with van der Waals surface area (Å²) in [5.41, 5.74) is 10.1. The second kappa shape index (κ2) is 5.32. The lowest BCUT2D eigenvalue weighted by molar-refractivity contribution is 0.506. The first-order valence-corrected chi connectivity index (χ1v) is 5.83. The smallest absolute Gasteiger partial charge is 0.0297 e. The van der Waals surface area contributed by atoms with E-state index in [0.717, 1.165) is 12.3 Å². The van der Waals surface area contributed by atoms with Crippen LogP contribution in [0.3, 0.4) is 0 Å². The van der Waals surface area contributed by atoms with Crippen LogP contribution < -0.4 is 5.73 Å². The molecule has 0 radical (unpaired) electrons. The molecule has 1 aromatic rings. The Morgan fingerprint density at radius 1 is 1.13 bits per heavy atom. The number of hydrogen-bond acceptors (Lipinski definition) is 1. The fourth-order valence-corrected chi connectivity index (χ4v) is 1.91. The van der Waals surface area contributed by atoms with Gasteiger partial charge in [0, 0.05) is 6.04 Å². The van der Waals surface area contributed by atoms with Crippen molar-refractivity contribution in [2.45, 2.75) is 46.6 Å². The van der Waals surface area contributed by atoms with Crippen LogP contribution in [0.1, 0.15) is 49.4 Å². The standard InChI is InChI=1S/C14H23N/c1-10(2)5-8-14(15)13-7-6-11(3)9-12(13)4/h6-7,9-10,14H,5,8,15H2,1-4H3. The van der Waals surface area contributed by atoms with Crippen molar-refractivity contribution in [2.75, 3.05) is 0 Å². The molecule has 0 aliphatic carbocycles. The summed E-state index contributed by atoms with van der Waals surface area (Å²) in [5, 5.41) is 0. The molecule has 0 aromatic heterocycles. The minimum atomic E-state index is 0.202. The Kier molecular flexibility index (Phi) is 4.34. The van der Waals surface area contributed by atoms with Crippen molar-refractivity contribution in [3.63, 3.8) is 0 Å². The first-order chi connectivity index (χ1) is 7.00. The molecule has 1 unspecified atom stereocenters. The highest BCUT2D eigenvalue weighted by Gasteiger charge is 2.09. The Balaban J connectivity index is 2.69. The molecule has 0 aliphatic heterocycles. The summed E-state index contributed by atoms with van der Waals surface area (Å²) in [6, 6.07) is 6.74. The van der Waals surface area contributed by atoms with Crippen LogP contribution in [0.5, 0.6) is 0 Å². The lowest BCUT2D eigenvalue weighted by Crippen LogP contribution is -2.12. The molecule has 0 heterocycles. The van der Waals surface area contributed by atoms with Crippen LogP contribution in [0.15, 0.2) is 18.2 Å². The second-order valence-electron chi connectivity index (χ2n) is 4.94. The van der Waals surface area contributed by atoms with Gasteiger partial charge in [0.1, 0.15) is 0 Å². The molecule has 1 atom stereocenters. The molecule has 1 nitrogen and oxygen atoms in total. The molecule has 15 heavy (non-hydrogen) atoms. The van der Waals surface area contributed by atoms with Crippen molar-refractivity contribution < 1.29 is 0 Å². The zero-order valence-corrected chi connectivity index (χ0v) is 10.4. The molecule has 2 N–H and O–H groups in total. The maximum absolute atomic E-state index is 6.19. The summed E-state index contributed by atoms with van der Waals surface area (Å²) in [4.78, 5) is 0. The van der Waals surface area contributed by atoms with E-state index in [1.54, 1.807) is 0 Å². The number of hydrogen-bond donors (Lipinski definition) is 1. The third-order valence-electron chi connectivity index (χ3n) is 2.88. The molecule has 1 aromatic carbocycles. The summed E-state index contributed by atoms with van der Waals surface area (Å²) >= 11 is 0. The highest BCUT2D eigenvalue weighted by atomic mass is 14.6. The SMILES string of the molecule is Cc1ccc(C(N)CCC(C)C)c(C)c1. The van der Waals surface area contributed by atoms with Crippen LogP contribution in [-0.2, 0) is 0 Å². The van der Waals surface area contributed by atoms with Crippen molar-refractivity contribution in [3.05, 3.63) is 34.9 Å². The van der Waals surface area contributed by atoms with Crippen LogP contribution in [0.25, 0.3) is 0 Å². The van der Waals surface area contributed by atoms with Gasteiger partial charge in [-0.1, -0.05) is 37.6 Å². The van der Waals surface area contributed by atoms with Crippen LogP contribution in [-0.4, -0.2) is 0 Å². The van der Waals surface area contributed by atoms with Gasteiger partial charge in [0.05, 0.1) is 0 Å². The minimum Gasteiger partial charge on any atom is -0.324 e. The lowest BCUT2D eigenvalue weighted by atomic mass is 9.94. The van der Waals surface area contributed by atoms with E-state index in [2.05, 4.69) is 45.9 Å². The molecule has 0 fully saturated rings. The Morgan fingerprint density at radius 3 is 2.33 bits per heavy atom. The highest BCUT2D eigenvalue weighted by molar-refractivity contribution is 5.32. The fourth-order valence-electron chi connectivity index (χ4n) is 1.91. The molecule has 84 valence electrons. The van der Waals surface area contributed by atoms with Gasteiger partial charge in [0.25, 0.3) is 0 Å². The topological polar surface area (TPSA) is 26.0 Å². The summed E-state index contributed by atoms with van der Waals surface area (Å²) in [7, 11) is 0.